The van der Waals surface area contributed by atoms with Gasteiger partial charge in [-0.05, 0) is 18.4 Å². The van der Waals surface area contributed by atoms with Gasteiger partial charge in [-0.3, -0.25) is 13.9 Å². The third-order valence-electron chi connectivity index (χ3n) is 5.36. The van der Waals surface area contributed by atoms with Crippen LogP contribution >= 0.6 is 0 Å². The largest absolute Gasteiger partial charge is 0.490 e. The van der Waals surface area contributed by atoms with Gasteiger partial charge < -0.3 is 21.1 Å². The first-order chi connectivity index (χ1) is 16.0. The number of anilines is 2. The van der Waals surface area contributed by atoms with Crippen LogP contribution in [0.2, 0.25) is 0 Å². The summed E-state index contributed by atoms with van der Waals surface area (Å²) in [6.45, 7) is 2.18. The van der Waals surface area contributed by atoms with Gasteiger partial charge >= 0.3 is 12.1 Å². The summed E-state index contributed by atoms with van der Waals surface area (Å²) in [6, 6.07) is 10.2. The van der Waals surface area contributed by atoms with Crippen LogP contribution in [0.25, 0.3) is 11.2 Å². The number of nitrogens with two attached hydrogens (primary N) is 1. The lowest BCUT2D eigenvalue weighted by atomic mass is 10.1. The summed E-state index contributed by atoms with van der Waals surface area (Å²) < 4.78 is 35.2. The average Bonchev–Trinajstić information content (AvgIpc) is 3.15. The van der Waals surface area contributed by atoms with Crippen LogP contribution in [0.3, 0.4) is 0 Å². The molecule has 3 aromatic rings. The number of hydrogen-bond acceptors (Lipinski definition) is 7. The highest BCUT2D eigenvalue weighted by atomic mass is 19.4. The zero-order chi connectivity index (χ0) is 25.0. The molecule has 1 aliphatic heterocycles. The number of rotatable bonds is 4. The standard InChI is InChI=1S/C19H25N7O.C2HF3O2/c1-21-18-22-16-15(17(27)24(18)2)26(11-13-7-4-3-5-8-13)19(23-16)25-10-6-9-14(20)12-25;3-2(4,5)1(6)7/h3-5,7-8,14H,6,9-12,20H2,1-2H3,(H,21,22);(H,6,7). The number of alkyl halides is 3. The molecule has 0 spiro atoms. The molecule has 184 valence electrons. The predicted molar refractivity (Wildman–Crippen MR) is 121 cm³/mol. The molecule has 4 N–H and O–H groups in total. The number of benzene rings is 1. The Morgan fingerprint density at radius 2 is 1.91 bits per heavy atom. The van der Waals surface area contributed by atoms with Crippen molar-refractivity contribution in [2.45, 2.75) is 31.6 Å². The van der Waals surface area contributed by atoms with Crippen molar-refractivity contribution in [1.29, 1.82) is 0 Å². The molecule has 1 aromatic carbocycles. The molecule has 0 radical (unpaired) electrons. The van der Waals surface area contributed by atoms with Crippen LogP contribution in [-0.4, -0.2) is 62.5 Å². The van der Waals surface area contributed by atoms with Crippen molar-refractivity contribution in [1.82, 2.24) is 19.1 Å². The van der Waals surface area contributed by atoms with E-state index in [0.717, 1.165) is 37.4 Å². The van der Waals surface area contributed by atoms with Gasteiger partial charge in [-0.15, -0.1) is 0 Å². The van der Waals surface area contributed by atoms with Crippen LogP contribution in [0, 0.1) is 0 Å². The fourth-order valence-electron chi connectivity index (χ4n) is 3.72. The zero-order valence-electron chi connectivity index (χ0n) is 18.7. The maximum atomic E-state index is 13.1. The molecular formula is C21H26F3N7O3. The molecule has 2 aromatic heterocycles. The van der Waals surface area contributed by atoms with Crippen LogP contribution in [0.5, 0.6) is 0 Å². The van der Waals surface area contributed by atoms with E-state index in [4.69, 9.17) is 20.6 Å². The molecule has 0 saturated carbocycles. The van der Waals surface area contributed by atoms with Gasteiger partial charge in [0.05, 0.1) is 6.54 Å². The van der Waals surface area contributed by atoms with E-state index in [0.29, 0.717) is 23.7 Å². The normalized spacial score (nSPS) is 16.2. The van der Waals surface area contributed by atoms with E-state index >= 15 is 0 Å². The number of fused-ring (bicyclic) bond motifs is 1. The van der Waals surface area contributed by atoms with Gasteiger partial charge in [0.2, 0.25) is 11.9 Å². The lowest BCUT2D eigenvalue weighted by molar-refractivity contribution is -0.192. The first-order valence-corrected chi connectivity index (χ1v) is 10.5. The number of nitrogens with zero attached hydrogens (tertiary/aromatic N) is 5. The molecule has 4 rings (SSSR count). The second kappa shape index (κ2) is 10.1. The topological polar surface area (TPSA) is 131 Å². The number of carbonyl (C=O) groups is 1. The van der Waals surface area contributed by atoms with E-state index in [-0.39, 0.29) is 11.6 Å². The molecule has 1 aliphatic rings. The summed E-state index contributed by atoms with van der Waals surface area (Å²) in [7, 11) is 3.47. The number of aliphatic carboxylic acids is 1. The Labute approximate surface area is 192 Å². The van der Waals surface area contributed by atoms with E-state index in [1.165, 1.54) is 4.57 Å². The van der Waals surface area contributed by atoms with Crippen molar-refractivity contribution in [2.75, 3.05) is 30.4 Å². The third kappa shape index (κ3) is 5.47. The summed E-state index contributed by atoms with van der Waals surface area (Å²) in [5, 5.41) is 10.1. The first-order valence-electron chi connectivity index (χ1n) is 10.5. The fourth-order valence-corrected chi connectivity index (χ4v) is 3.72. The van der Waals surface area contributed by atoms with E-state index in [2.05, 4.69) is 27.3 Å². The Bertz CT molecular complexity index is 1210. The predicted octanol–water partition coefficient (Wildman–Crippen LogP) is 1.78. The molecule has 10 nitrogen and oxygen atoms in total. The van der Waals surface area contributed by atoms with E-state index in [1.54, 1.807) is 14.1 Å². The van der Waals surface area contributed by atoms with Crippen molar-refractivity contribution in [3.8, 4) is 0 Å². The Kier molecular flexibility index (Phi) is 7.44. The molecule has 0 bridgehead atoms. The minimum Gasteiger partial charge on any atom is -0.475 e. The number of halogens is 3. The number of aromatic nitrogens is 4. The summed E-state index contributed by atoms with van der Waals surface area (Å²) in [5.41, 5.74) is 8.18. The van der Waals surface area contributed by atoms with Crippen LogP contribution in [0.1, 0.15) is 18.4 Å². The number of carboxylic acid groups (broad SMARTS) is 1. The van der Waals surface area contributed by atoms with Gasteiger partial charge in [-0.2, -0.15) is 23.1 Å². The fraction of sp³-hybridized carbons (Fsp3) is 0.429. The smallest absolute Gasteiger partial charge is 0.475 e. The van der Waals surface area contributed by atoms with Crippen LogP contribution in [-0.2, 0) is 18.4 Å². The maximum absolute atomic E-state index is 13.1. The Morgan fingerprint density at radius 1 is 1.26 bits per heavy atom. The molecule has 0 aliphatic carbocycles. The number of piperidine rings is 1. The molecule has 13 heteroatoms. The molecular weight excluding hydrogens is 455 g/mol. The summed E-state index contributed by atoms with van der Waals surface area (Å²) >= 11 is 0. The number of nitrogens with one attached hydrogen (secondary N) is 1. The van der Waals surface area contributed by atoms with Gasteiger partial charge in [0, 0.05) is 33.2 Å². The quantitative estimate of drug-likeness (QED) is 0.514. The van der Waals surface area contributed by atoms with Crippen molar-refractivity contribution in [3.05, 3.63) is 46.2 Å². The minimum atomic E-state index is -5.08. The highest BCUT2D eigenvalue weighted by Gasteiger charge is 2.38. The first kappa shape index (κ1) is 25.0. The Hall–Kier alpha value is -3.61. The van der Waals surface area contributed by atoms with Crippen molar-refractivity contribution >= 4 is 29.0 Å². The Balaban J connectivity index is 0.000000406. The summed E-state index contributed by atoms with van der Waals surface area (Å²) in [4.78, 5) is 33.4. The van der Waals surface area contributed by atoms with Crippen molar-refractivity contribution in [3.63, 3.8) is 0 Å². The highest BCUT2D eigenvalue weighted by Crippen LogP contribution is 2.24. The highest BCUT2D eigenvalue weighted by molar-refractivity contribution is 5.76. The lowest BCUT2D eigenvalue weighted by Crippen LogP contribution is -2.44. The molecule has 34 heavy (non-hydrogen) atoms. The molecule has 1 saturated heterocycles. The van der Waals surface area contributed by atoms with E-state index in [1.807, 2.05) is 22.8 Å². The Morgan fingerprint density at radius 3 is 2.47 bits per heavy atom. The van der Waals surface area contributed by atoms with Gasteiger partial charge in [0.25, 0.3) is 5.56 Å². The van der Waals surface area contributed by atoms with Gasteiger partial charge in [-0.1, -0.05) is 30.3 Å². The van der Waals surface area contributed by atoms with Crippen LogP contribution in [0.4, 0.5) is 25.1 Å². The summed E-state index contributed by atoms with van der Waals surface area (Å²) in [6.07, 6.45) is -3.05. The minimum absolute atomic E-state index is 0.111. The molecule has 0 amide bonds. The lowest BCUT2D eigenvalue weighted by Gasteiger charge is -2.31. The number of hydrogen-bond donors (Lipinski definition) is 3. The zero-order valence-corrected chi connectivity index (χ0v) is 18.7. The maximum Gasteiger partial charge on any atom is 0.490 e. The van der Waals surface area contributed by atoms with Gasteiger partial charge in [-0.25, -0.2) is 4.79 Å². The SMILES string of the molecule is CNc1nc2nc(N3CCCC(N)C3)n(Cc3ccccc3)c2c(=O)n1C.O=C(O)C(F)(F)F. The molecule has 1 unspecified atom stereocenters. The second-order valence-electron chi connectivity index (χ2n) is 7.86. The number of imidazole rings is 1. The van der Waals surface area contributed by atoms with Crippen LogP contribution in [0.15, 0.2) is 35.1 Å². The van der Waals surface area contributed by atoms with Crippen molar-refractivity contribution in [2.24, 2.45) is 12.8 Å². The molecule has 1 fully saturated rings. The molecule has 3 heterocycles. The van der Waals surface area contributed by atoms with Gasteiger partial charge in [0.15, 0.2) is 11.2 Å². The number of carboxylic acids is 1. The average molecular weight is 481 g/mol. The van der Waals surface area contributed by atoms with Crippen molar-refractivity contribution < 1.29 is 23.1 Å². The van der Waals surface area contributed by atoms with Crippen LogP contribution < -0.4 is 21.5 Å². The third-order valence-corrected chi connectivity index (χ3v) is 5.36. The second-order valence-corrected chi connectivity index (χ2v) is 7.86. The summed E-state index contributed by atoms with van der Waals surface area (Å²) in [5.74, 6) is -1.49. The van der Waals surface area contributed by atoms with Gasteiger partial charge in [0.1, 0.15) is 0 Å². The monoisotopic (exact) mass is 481 g/mol. The van der Waals surface area contributed by atoms with E-state index in [9.17, 15) is 18.0 Å². The van der Waals surface area contributed by atoms with E-state index < -0.39 is 12.1 Å². The molecule has 1 atom stereocenters.